The quantitative estimate of drug-likeness (QED) is 0.785. The Balaban J connectivity index is 2.00. The second-order valence-corrected chi connectivity index (χ2v) is 6.69. The van der Waals surface area contributed by atoms with Crippen LogP contribution in [0.2, 0.25) is 0 Å². The van der Waals surface area contributed by atoms with Crippen LogP contribution in [-0.4, -0.2) is 25.9 Å². The van der Waals surface area contributed by atoms with E-state index in [1.165, 1.54) is 11.3 Å². The lowest BCUT2D eigenvalue weighted by atomic mass is 10.0. The predicted octanol–water partition coefficient (Wildman–Crippen LogP) is 2.39. The fraction of sp³-hybridized carbons (Fsp3) is 0.312. The standard InChI is InChI=1S/C16H17N5O2S/c1-9(2)13(14(22)18-16-17-10(3)8-24-16)21-15(23)11-6-4-5-7-12(11)19-20-21/h4-9,13H,1-3H3,(H,17,18,22). The van der Waals surface area contributed by atoms with Crippen molar-refractivity contribution in [2.24, 2.45) is 5.92 Å². The normalized spacial score (nSPS) is 12.5. The zero-order chi connectivity index (χ0) is 17.3. The molecule has 1 aromatic carbocycles. The van der Waals surface area contributed by atoms with Crippen LogP contribution in [0.5, 0.6) is 0 Å². The van der Waals surface area contributed by atoms with Gasteiger partial charge in [-0.1, -0.05) is 31.2 Å². The Morgan fingerprint density at radius 3 is 2.71 bits per heavy atom. The van der Waals surface area contributed by atoms with E-state index in [0.717, 1.165) is 10.4 Å². The molecule has 1 amide bonds. The molecular weight excluding hydrogens is 326 g/mol. The average molecular weight is 343 g/mol. The maximum atomic E-state index is 12.7. The third-order valence-electron chi connectivity index (χ3n) is 3.60. The van der Waals surface area contributed by atoms with Crippen molar-refractivity contribution in [2.45, 2.75) is 26.8 Å². The van der Waals surface area contributed by atoms with Crippen LogP contribution in [0.4, 0.5) is 5.13 Å². The van der Waals surface area contributed by atoms with E-state index < -0.39 is 6.04 Å². The molecule has 0 fully saturated rings. The number of thiazole rings is 1. The Labute approximate surface area is 142 Å². The van der Waals surface area contributed by atoms with Gasteiger partial charge in [0.15, 0.2) is 5.13 Å². The van der Waals surface area contributed by atoms with Crippen molar-refractivity contribution in [2.75, 3.05) is 5.32 Å². The molecule has 2 aromatic heterocycles. The van der Waals surface area contributed by atoms with Crippen LogP contribution in [-0.2, 0) is 4.79 Å². The second-order valence-electron chi connectivity index (χ2n) is 5.83. The van der Waals surface area contributed by atoms with Crippen LogP contribution in [0.3, 0.4) is 0 Å². The minimum absolute atomic E-state index is 0.140. The van der Waals surface area contributed by atoms with E-state index in [1.807, 2.05) is 26.2 Å². The molecule has 7 nitrogen and oxygen atoms in total. The van der Waals surface area contributed by atoms with Crippen molar-refractivity contribution in [3.05, 3.63) is 45.7 Å². The van der Waals surface area contributed by atoms with Gasteiger partial charge in [0.1, 0.15) is 11.6 Å². The van der Waals surface area contributed by atoms with Gasteiger partial charge in [-0.25, -0.2) is 4.98 Å². The fourth-order valence-corrected chi connectivity index (χ4v) is 3.16. The lowest BCUT2D eigenvalue weighted by molar-refractivity contribution is -0.120. The van der Waals surface area contributed by atoms with Gasteiger partial charge < -0.3 is 5.32 Å². The maximum Gasteiger partial charge on any atom is 0.278 e. The summed E-state index contributed by atoms with van der Waals surface area (Å²) in [6.07, 6.45) is 0. The number of benzene rings is 1. The third-order valence-corrected chi connectivity index (χ3v) is 4.48. The average Bonchev–Trinajstić information content (AvgIpc) is 2.95. The van der Waals surface area contributed by atoms with E-state index in [1.54, 1.807) is 24.3 Å². The number of fused-ring (bicyclic) bond motifs is 1. The van der Waals surface area contributed by atoms with Crippen LogP contribution in [0.25, 0.3) is 10.9 Å². The molecule has 1 unspecified atom stereocenters. The fourth-order valence-electron chi connectivity index (χ4n) is 2.47. The number of aromatic nitrogens is 4. The van der Waals surface area contributed by atoms with Gasteiger partial charge in [-0.05, 0) is 25.0 Å². The topological polar surface area (TPSA) is 89.8 Å². The molecule has 0 radical (unpaired) electrons. The molecule has 0 saturated heterocycles. The molecule has 0 saturated carbocycles. The number of hydrogen-bond donors (Lipinski definition) is 1. The van der Waals surface area contributed by atoms with Gasteiger partial charge in [0.2, 0.25) is 0 Å². The lowest BCUT2D eigenvalue weighted by Crippen LogP contribution is -2.38. The summed E-state index contributed by atoms with van der Waals surface area (Å²) in [6.45, 7) is 5.58. The minimum Gasteiger partial charge on any atom is -0.300 e. The van der Waals surface area contributed by atoms with Crippen molar-refractivity contribution in [3.8, 4) is 0 Å². The molecule has 8 heteroatoms. The molecule has 0 aliphatic rings. The summed E-state index contributed by atoms with van der Waals surface area (Å²) < 4.78 is 1.16. The van der Waals surface area contributed by atoms with E-state index >= 15 is 0 Å². The Morgan fingerprint density at radius 1 is 1.29 bits per heavy atom. The molecule has 0 spiro atoms. The molecule has 1 N–H and O–H groups in total. The first kappa shape index (κ1) is 16.3. The van der Waals surface area contributed by atoms with Gasteiger partial charge in [0.05, 0.1) is 11.1 Å². The molecule has 0 bridgehead atoms. The van der Waals surface area contributed by atoms with E-state index in [9.17, 15) is 9.59 Å². The Kier molecular flexibility index (Phi) is 4.39. The summed E-state index contributed by atoms with van der Waals surface area (Å²) in [5, 5.41) is 13.6. The van der Waals surface area contributed by atoms with E-state index in [0.29, 0.717) is 16.0 Å². The van der Waals surface area contributed by atoms with Crippen LogP contribution in [0.1, 0.15) is 25.6 Å². The monoisotopic (exact) mass is 343 g/mol. The molecule has 124 valence electrons. The SMILES string of the molecule is Cc1csc(NC(=O)C(C(C)C)n2nnc3ccccc3c2=O)n1. The summed E-state index contributed by atoms with van der Waals surface area (Å²) in [5.74, 6) is -0.467. The number of anilines is 1. The highest BCUT2D eigenvalue weighted by Crippen LogP contribution is 2.20. The number of carbonyl (C=O) groups is 1. The van der Waals surface area contributed by atoms with Gasteiger partial charge in [0.25, 0.3) is 11.5 Å². The number of amides is 1. The first-order valence-corrected chi connectivity index (χ1v) is 8.42. The third kappa shape index (κ3) is 3.05. The molecule has 3 rings (SSSR count). The molecule has 3 aromatic rings. The van der Waals surface area contributed by atoms with Crippen molar-refractivity contribution < 1.29 is 4.79 Å². The highest BCUT2D eigenvalue weighted by Gasteiger charge is 2.28. The lowest BCUT2D eigenvalue weighted by Gasteiger charge is -2.20. The summed E-state index contributed by atoms with van der Waals surface area (Å²) >= 11 is 1.34. The predicted molar refractivity (Wildman–Crippen MR) is 93.2 cm³/mol. The maximum absolute atomic E-state index is 12.7. The number of hydrogen-bond acceptors (Lipinski definition) is 6. The highest BCUT2D eigenvalue weighted by molar-refractivity contribution is 7.13. The van der Waals surface area contributed by atoms with E-state index in [-0.39, 0.29) is 17.4 Å². The number of rotatable bonds is 4. The van der Waals surface area contributed by atoms with E-state index in [4.69, 9.17) is 0 Å². The highest BCUT2D eigenvalue weighted by atomic mass is 32.1. The summed E-state index contributed by atoms with van der Waals surface area (Å²) in [6, 6.07) is 6.19. The second kappa shape index (κ2) is 6.48. The van der Waals surface area contributed by atoms with Crippen LogP contribution >= 0.6 is 11.3 Å². The van der Waals surface area contributed by atoms with Crippen molar-refractivity contribution in [1.29, 1.82) is 0 Å². The Hall–Kier alpha value is -2.61. The van der Waals surface area contributed by atoms with Crippen molar-refractivity contribution in [1.82, 2.24) is 20.0 Å². The van der Waals surface area contributed by atoms with Gasteiger partial charge in [-0.3, -0.25) is 9.59 Å². The molecule has 2 heterocycles. The largest absolute Gasteiger partial charge is 0.300 e. The van der Waals surface area contributed by atoms with Gasteiger partial charge in [0, 0.05) is 5.38 Å². The smallest absolute Gasteiger partial charge is 0.278 e. The molecule has 1 atom stereocenters. The summed E-state index contributed by atoms with van der Waals surface area (Å²) in [7, 11) is 0. The first-order chi connectivity index (χ1) is 11.5. The minimum atomic E-state index is -0.765. The Morgan fingerprint density at radius 2 is 2.04 bits per heavy atom. The van der Waals surface area contributed by atoms with Gasteiger partial charge in [-0.15, -0.1) is 16.4 Å². The summed E-state index contributed by atoms with van der Waals surface area (Å²) in [4.78, 5) is 29.6. The number of carbonyl (C=O) groups excluding carboxylic acids is 1. The molecule has 0 aliphatic carbocycles. The number of nitrogens with one attached hydrogen (secondary N) is 1. The van der Waals surface area contributed by atoms with Crippen molar-refractivity contribution in [3.63, 3.8) is 0 Å². The van der Waals surface area contributed by atoms with Gasteiger partial charge >= 0.3 is 0 Å². The zero-order valence-electron chi connectivity index (χ0n) is 13.6. The molecule has 24 heavy (non-hydrogen) atoms. The van der Waals surface area contributed by atoms with Crippen molar-refractivity contribution >= 4 is 33.3 Å². The van der Waals surface area contributed by atoms with Crippen LogP contribution < -0.4 is 10.9 Å². The molecular formula is C16H17N5O2S. The van der Waals surface area contributed by atoms with Crippen LogP contribution in [0, 0.1) is 12.8 Å². The van der Waals surface area contributed by atoms with E-state index in [2.05, 4.69) is 20.6 Å². The molecule has 0 aliphatic heterocycles. The number of nitrogens with zero attached hydrogens (tertiary/aromatic N) is 4. The summed E-state index contributed by atoms with van der Waals surface area (Å²) in [5.41, 5.74) is 1.01. The first-order valence-electron chi connectivity index (χ1n) is 7.54. The Bertz CT molecular complexity index is 947. The van der Waals surface area contributed by atoms with Crippen LogP contribution in [0.15, 0.2) is 34.4 Å². The van der Waals surface area contributed by atoms with Gasteiger partial charge in [-0.2, -0.15) is 4.68 Å². The zero-order valence-corrected chi connectivity index (χ0v) is 14.4. The number of aryl methyl sites for hydroxylation is 1.